The number of allylic oxidation sites excluding steroid dienone is 1. The molecule has 0 bridgehead atoms. The second-order valence-electron chi connectivity index (χ2n) is 5.67. The third-order valence-corrected chi connectivity index (χ3v) is 4.93. The number of rotatable bonds is 2. The fourth-order valence-electron chi connectivity index (χ4n) is 2.61. The van der Waals surface area contributed by atoms with Crippen LogP contribution in [0.3, 0.4) is 0 Å². The van der Waals surface area contributed by atoms with Crippen molar-refractivity contribution in [1.29, 1.82) is 0 Å². The maximum Gasteiger partial charge on any atom is 0.450 e. The first-order valence-electron chi connectivity index (χ1n) is 7.41. The van der Waals surface area contributed by atoms with Gasteiger partial charge in [-0.2, -0.15) is 26.3 Å². The Balaban J connectivity index is 2.42. The van der Waals surface area contributed by atoms with E-state index >= 15 is 0 Å². The van der Waals surface area contributed by atoms with E-state index in [0.29, 0.717) is 6.08 Å². The third-order valence-electron chi connectivity index (χ3n) is 3.74. The molecule has 148 valence electrons. The molecular formula is C18H7BrCl2F6O. The van der Waals surface area contributed by atoms with Gasteiger partial charge in [-0.25, -0.2) is 0 Å². The summed E-state index contributed by atoms with van der Waals surface area (Å²) in [4.78, 5) is 0. The molecule has 28 heavy (non-hydrogen) atoms. The van der Waals surface area contributed by atoms with Crippen molar-refractivity contribution in [3.05, 3.63) is 67.8 Å². The zero-order chi connectivity index (χ0) is 20.9. The van der Waals surface area contributed by atoms with Crippen LogP contribution >= 0.6 is 39.1 Å². The highest BCUT2D eigenvalue weighted by molar-refractivity contribution is 9.10. The zero-order valence-electron chi connectivity index (χ0n) is 13.4. The predicted molar refractivity (Wildman–Crippen MR) is 99.3 cm³/mol. The largest absolute Gasteiger partial charge is 0.451 e. The van der Waals surface area contributed by atoms with Gasteiger partial charge in [0.25, 0.3) is 0 Å². The summed E-state index contributed by atoms with van der Waals surface area (Å²) >= 11 is 14.7. The summed E-state index contributed by atoms with van der Waals surface area (Å²) in [6.45, 7) is 0. The summed E-state index contributed by atoms with van der Waals surface area (Å²) < 4.78 is 86.9. The first-order valence-corrected chi connectivity index (χ1v) is 8.96. The van der Waals surface area contributed by atoms with Gasteiger partial charge in [-0.05, 0) is 48.0 Å². The average molecular weight is 504 g/mol. The third kappa shape index (κ3) is 4.18. The van der Waals surface area contributed by atoms with Gasteiger partial charge in [0.1, 0.15) is 5.58 Å². The molecule has 0 radical (unpaired) electrons. The van der Waals surface area contributed by atoms with Gasteiger partial charge in [0.15, 0.2) is 0 Å². The van der Waals surface area contributed by atoms with Gasteiger partial charge in [-0.3, -0.25) is 0 Å². The molecule has 1 nitrogen and oxygen atoms in total. The summed E-state index contributed by atoms with van der Waals surface area (Å²) in [6, 6.07) is 7.31. The highest BCUT2D eigenvalue weighted by Gasteiger charge is 2.46. The Morgan fingerprint density at radius 2 is 1.54 bits per heavy atom. The van der Waals surface area contributed by atoms with E-state index in [1.807, 2.05) is 0 Å². The van der Waals surface area contributed by atoms with Crippen LogP contribution in [0.15, 0.2) is 45.3 Å². The van der Waals surface area contributed by atoms with Crippen LogP contribution in [0.4, 0.5) is 26.3 Å². The zero-order valence-corrected chi connectivity index (χ0v) is 16.4. The van der Waals surface area contributed by atoms with E-state index in [1.54, 1.807) is 0 Å². The Morgan fingerprint density at radius 1 is 0.929 bits per heavy atom. The van der Waals surface area contributed by atoms with E-state index in [2.05, 4.69) is 15.9 Å². The minimum Gasteiger partial charge on any atom is -0.451 e. The van der Waals surface area contributed by atoms with Crippen molar-refractivity contribution in [3.63, 3.8) is 0 Å². The van der Waals surface area contributed by atoms with E-state index < -0.39 is 34.6 Å². The lowest BCUT2D eigenvalue weighted by Gasteiger charge is -2.14. The Bertz CT molecular complexity index is 1080. The molecule has 1 aromatic heterocycles. The van der Waals surface area contributed by atoms with Crippen LogP contribution in [0.1, 0.15) is 16.9 Å². The van der Waals surface area contributed by atoms with Crippen molar-refractivity contribution < 1.29 is 30.8 Å². The second kappa shape index (κ2) is 7.31. The molecule has 1 heterocycles. The van der Waals surface area contributed by atoms with Gasteiger partial charge >= 0.3 is 12.4 Å². The number of hydrogen-bond donors (Lipinski definition) is 0. The van der Waals surface area contributed by atoms with E-state index in [0.717, 1.165) is 12.1 Å². The Hall–Kier alpha value is -1.64. The van der Waals surface area contributed by atoms with Gasteiger partial charge in [0.2, 0.25) is 5.76 Å². The molecule has 0 aliphatic rings. The molecule has 10 heteroatoms. The van der Waals surface area contributed by atoms with Crippen LogP contribution in [0, 0.1) is 0 Å². The fraction of sp³-hybridized carbons (Fsp3) is 0.111. The van der Waals surface area contributed by atoms with E-state index in [4.69, 9.17) is 27.6 Å². The standard InChI is InChI=1S/C18H7BrCl2F6O/c19-13-3-1-9(20)5-8(13)6-12(17(22,23)24)15-11-7-10(21)2-4-14(11)28-16(15)18(25,26)27/h1-7H/b12-6+. The molecule has 0 unspecified atom stereocenters. The normalized spacial score (nSPS) is 13.4. The lowest BCUT2D eigenvalue weighted by Crippen LogP contribution is -2.15. The average Bonchev–Trinajstić information content (AvgIpc) is 2.93. The van der Waals surface area contributed by atoms with E-state index in [9.17, 15) is 26.3 Å². The molecule has 0 fully saturated rings. The Labute approximate surface area is 172 Å². The van der Waals surface area contributed by atoms with Gasteiger partial charge in [-0.15, -0.1) is 0 Å². The lowest BCUT2D eigenvalue weighted by molar-refractivity contribution is -0.152. The van der Waals surface area contributed by atoms with Crippen LogP contribution in [0.25, 0.3) is 22.6 Å². The summed E-state index contributed by atoms with van der Waals surface area (Å²) in [7, 11) is 0. The maximum absolute atomic E-state index is 13.8. The van der Waals surface area contributed by atoms with Crippen molar-refractivity contribution in [3.8, 4) is 0 Å². The fourth-order valence-corrected chi connectivity index (χ4v) is 3.33. The van der Waals surface area contributed by atoms with Crippen molar-refractivity contribution in [2.24, 2.45) is 0 Å². The topological polar surface area (TPSA) is 13.1 Å². The molecule has 0 amide bonds. The maximum atomic E-state index is 13.8. The first kappa shape index (κ1) is 21.1. The van der Waals surface area contributed by atoms with Gasteiger partial charge in [0.05, 0.1) is 5.57 Å². The number of halogens is 9. The molecule has 2 aromatic carbocycles. The Morgan fingerprint density at radius 3 is 2.14 bits per heavy atom. The van der Waals surface area contributed by atoms with Crippen molar-refractivity contribution in [1.82, 2.24) is 0 Å². The minimum atomic E-state index is -5.16. The summed E-state index contributed by atoms with van der Waals surface area (Å²) in [5.74, 6) is -1.76. The SMILES string of the molecule is FC(F)(F)/C(=C/c1cc(Cl)ccc1Br)c1c(C(F)(F)F)oc2ccc(Cl)cc12. The molecule has 0 aliphatic carbocycles. The molecule has 0 saturated carbocycles. The smallest absolute Gasteiger partial charge is 0.450 e. The second-order valence-corrected chi connectivity index (χ2v) is 7.39. The van der Waals surface area contributed by atoms with Gasteiger partial charge in [-0.1, -0.05) is 39.1 Å². The lowest BCUT2D eigenvalue weighted by atomic mass is 9.98. The molecule has 0 atom stereocenters. The highest BCUT2D eigenvalue weighted by atomic mass is 79.9. The molecule has 3 aromatic rings. The molecule has 3 rings (SSSR count). The molecule has 0 N–H and O–H groups in total. The quantitative estimate of drug-likeness (QED) is 0.319. The van der Waals surface area contributed by atoms with Crippen molar-refractivity contribution in [2.45, 2.75) is 12.4 Å². The number of alkyl halides is 6. The summed E-state index contributed by atoms with van der Waals surface area (Å²) in [5.41, 5.74) is -3.09. The van der Waals surface area contributed by atoms with Crippen LogP contribution in [0.5, 0.6) is 0 Å². The monoisotopic (exact) mass is 502 g/mol. The van der Waals surface area contributed by atoms with Crippen LogP contribution < -0.4 is 0 Å². The van der Waals surface area contributed by atoms with Crippen LogP contribution in [0.2, 0.25) is 10.0 Å². The number of furan rings is 1. The van der Waals surface area contributed by atoms with E-state index in [1.165, 1.54) is 24.3 Å². The predicted octanol–water partition coefficient (Wildman–Crippen LogP) is 8.62. The Kier molecular flexibility index (Phi) is 5.51. The molecular weight excluding hydrogens is 497 g/mol. The number of benzene rings is 2. The van der Waals surface area contributed by atoms with Gasteiger partial charge in [0, 0.05) is 25.5 Å². The molecule has 0 saturated heterocycles. The van der Waals surface area contributed by atoms with Crippen molar-refractivity contribution >= 4 is 61.8 Å². The van der Waals surface area contributed by atoms with E-state index in [-0.39, 0.29) is 25.7 Å². The molecule has 0 spiro atoms. The number of hydrogen-bond acceptors (Lipinski definition) is 1. The van der Waals surface area contributed by atoms with Crippen LogP contribution in [-0.2, 0) is 6.18 Å². The summed E-state index contributed by atoms with van der Waals surface area (Å²) in [5, 5.41) is -0.317. The van der Waals surface area contributed by atoms with Crippen molar-refractivity contribution in [2.75, 3.05) is 0 Å². The number of fused-ring (bicyclic) bond motifs is 1. The highest BCUT2D eigenvalue weighted by Crippen LogP contribution is 2.47. The van der Waals surface area contributed by atoms with Crippen LogP contribution in [-0.4, -0.2) is 6.18 Å². The molecule has 0 aliphatic heterocycles. The minimum absolute atomic E-state index is 0.0336. The summed E-state index contributed by atoms with van der Waals surface area (Å²) in [6.07, 6.45) is -9.70. The van der Waals surface area contributed by atoms with Gasteiger partial charge < -0.3 is 4.42 Å². The first-order chi connectivity index (χ1) is 12.9.